The monoisotopic (exact) mass is 245 g/mol. The van der Waals surface area contributed by atoms with Crippen molar-refractivity contribution in [2.75, 3.05) is 12.8 Å². The predicted octanol–water partition coefficient (Wildman–Crippen LogP) is 1.95. The lowest BCUT2D eigenvalue weighted by atomic mass is 10.3. The summed E-state index contributed by atoms with van der Waals surface area (Å²) in [6.07, 6.45) is 0. The molecule has 1 heterocycles. The minimum atomic E-state index is 0.277. The van der Waals surface area contributed by atoms with Crippen molar-refractivity contribution in [2.24, 2.45) is 0 Å². The van der Waals surface area contributed by atoms with Crippen molar-refractivity contribution in [1.82, 2.24) is 9.97 Å². The van der Waals surface area contributed by atoms with Gasteiger partial charge in [-0.1, -0.05) is 6.07 Å². The Bertz CT molecular complexity index is 523. The smallest absolute Gasteiger partial charge is 0.168 e. The Hall–Kier alpha value is -2.30. The molecule has 5 nitrogen and oxygen atoms in total. The molecule has 1 aromatic carbocycles. The van der Waals surface area contributed by atoms with Crippen LogP contribution >= 0.6 is 0 Å². The van der Waals surface area contributed by atoms with E-state index in [1.807, 2.05) is 25.1 Å². The van der Waals surface area contributed by atoms with Gasteiger partial charge in [-0.25, -0.2) is 9.97 Å². The van der Waals surface area contributed by atoms with Crippen molar-refractivity contribution >= 4 is 5.82 Å². The highest BCUT2D eigenvalue weighted by atomic mass is 16.5. The second-order valence-corrected chi connectivity index (χ2v) is 3.82. The summed E-state index contributed by atoms with van der Waals surface area (Å²) in [6.45, 7) is 2.14. The van der Waals surface area contributed by atoms with E-state index < -0.39 is 0 Å². The average molecular weight is 245 g/mol. The van der Waals surface area contributed by atoms with Crippen LogP contribution in [-0.2, 0) is 6.61 Å². The van der Waals surface area contributed by atoms with Crippen LogP contribution in [0, 0.1) is 6.92 Å². The van der Waals surface area contributed by atoms with Crippen molar-refractivity contribution in [3.05, 3.63) is 41.9 Å². The number of rotatable bonds is 4. The molecule has 5 heteroatoms. The molecule has 0 radical (unpaired) electrons. The Morgan fingerprint density at radius 2 is 1.94 bits per heavy atom. The van der Waals surface area contributed by atoms with Crippen LogP contribution in [0.4, 0.5) is 5.82 Å². The third-order valence-electron chi connectivity index (χ3n) is 2.33. The van der Waals surface area contributed by atoms with Gasteiger partial charge in [0.05, 0.1) is 7.11 Å². The summed E-state index contributed by atoms with van der Waals surface area (Å²) in [6, 6.07) is 9.09. The molecule has 0 spiro atoms. The van der Waals surface area contributed by atoms with Crippen molar-refractivity contribution < 1.29 is 9.47 Å². The Morgan fingerprint density at radius 3 is 2.67 bits per heavy atom. The highest BCUT2D eigenvalue weighted by molar-refractivity contribution is 5.33. The lowest BCUT2D eigenvalue weighted by Gasteiger charge is -2.07. The first kappa shape index (κ1) is 12.2. The molecule has 1 aromatic heterocycles. The van der Waals surface area contributed by atoms with Gasteiger partial charge in [0.15, 0.2) is 5.82 Å². The summed E-state index contributed by atoms with van der Waals surface area (Å²) in [5.41, 5.74) is 6.47. The number of hydrogen-bond donors (Lipinski definition) is 1. The van der Waals surface area contributed by atoms with Gasteiger partial charge in [0.1, 0.15) is 23.9 Å². The van der Waals surface area contributed by atoms with E-state index in [4.69, 9.17) is 15.2 Å². The average Bonchev–Trinajstić information content (AvgIpc) is 2.35. The van der Waals surface area contributed by atoms with Gasteiger partial charge in [0, 0.05) is 17.8 Å². The molecule has 18 heavy (non-hydrogen) atoms. The minimum absolute atomic E-state index is 0.277. The van der Waals surface area contributed by atoms with Crippen molar-refractivity contribution in [1.29, 1.82) is 0 Å². The topological polar surface area (TPSA) is 70.3 Å². The molecule has 2 aromatic rings. The van der Waals surface area contributed by atoms with Crippen molar-refractivity contribution in [2.45, 2.75) is 13.5 Å². The SMILES string of the molecule is COc1cccc(OCc2nc(C)cc(N)n2)c1. The van der Waals surface area contributed by atoms with Gasteiger partial charge in [-0.15, -0.1) is 0 Å². The second kappa shape index (κ2) is 5.35. The molecule has 0 fully saturated rings. The first-order valence-electron chi connectivity index (χ1n) is 5.54. The summed E-state index contributed by atoms with van der Waals surface area (Å²) in [5, 5.41) is 0. The van der Waals surface area contributed by atoms with Gasteiger partial charge < -0.3 is 15.2 Å². The molecule has 0 unspecified atom stereocenters. The molecule has 2 N–H and O–H groups in total. The van der Waals surface area contributed by atoms with E-state index in [9.17, 15) is 0 Å². The Morgan fingerprint density at radius 1 is 1.17 bits per heavy atom. The number of hydrogen-bond acceptors (Lipinski definition) is 5. The molecule has 0 aliphatic rings. The number of nitrogens with two attached hydrogens (primary N) is 1. The standard InChI is InChI=1S/C13H15N3O2/c1-9-6-12(14)16-13(15-9)8-18-11-5-3-4-10(7-11)17-2/h3-7H,8H2,1-2H3,(H2,14,15,16). The number of anilines is 1. The molecule has 0 saturated heterocycles. The van der Waals surface area contributed by atoms with Crippen LogP contribution in [0.5, 0.6) is 11.5 Å². The maximum atomic E-state index is 5.65. The number of aromatic nitrogens is 2. The summed E-state index contributed by atoms with van der Waals surface area (Å²) in [7, 11) is 1.61. The van der Waals surface area contributed by atoms with Crippen molar-refractivity contribution in [3.63, 3.8) is 0 Å². The molecule has 2 rings (SSSR count). The first-order chi connectivity index (χ1) is 8.67. The molecule has 0 atom stereocenters. The van der Waals surface area contributed by atoms with Gasteiger partial charge in [-0.05, 0) is 19.1 Å². The van der Waals surface area contributed by atoms with Crippen LogP contribution in [0.1, 0.15) is 11.5 Å². The lowest BCUT2D eigenvalue weighted by molar-refractivity contribution is 0.293. The number of benzene rings is 1. The first-order valence-corrected chi connectivity index (χ1v) is 5.54. The fraction of sp³-hybridized carbons (Fsp3) is 0.231. The summed E-state index contributed by atoms with van der Waals surface area (Å²) in [5.74, 6) is 2.47. The zero-order valence-electron chi connectivity index (χ0n) is 10.4. The van der Waals surface area contributed by atoms with Gasteiger partial charge in [0.2, 0.25) is 0 Å². The van der Waals surface area contributed by atoms with E-state index >= 15 is 0 Å². The molecule has 0 saturated carbocycles. The fourth-order valence-electron chi connectivity index (χ4n) is 1.56. The number of methoxy groups -OCH3 is 1. The Balaban J connectivity index is 2.06. The maximum Gasteiger partial charge on any atom is 0.168 e. The molecule has 0 amide bonds. The minimum Gasteiger partial charge on any atom is -0.497 e. The van der Waals surface area contributed by atoms with Crippen LogP contribution in [0.3, 0.4) is 0 Å². The molecule has 0 aliphatic heterocycles. The molecule has 0 aliphatic carbocycles. The van der Waals surface area contributed by atoms with Crippen LogP contribution in [-0.4, -0.2) is 17.1 Å². The zero-order chi connectivity index (χ0) is 13.0. The largest absolute Gasteiger partial charge is 0.497 e. The molecule has 94 valence electrons. The summed E-state index contributed by atoms with van der Waals surface area (Å²) >= 11 is 0. The van der Waals surface area contributed by atoms with E-state index in [1.54, 1.807) is 19.2 Å². The third-order valence-corrected chi connectivity index (χ3v) is 2.33. The van der Waals surface area contributed by atoms with Crippen LogP contribution in [0.2, 0.25) is 0 Å². The van der Waals surface area contributed by atoms with Crippen LogP contribution in [0.25, 0.3) is 0 Å². The van der Waals surface area contributed by atoms with Gasteiger partial charge >= 0.3 is 0 Å². The summed E-state index contributed by atoms with van der Waals surface area (Å²) in [4.78, 5) is 8.35. The van der Waals surface area contributed by atoms with Crippen LogP contribution in [0.15, 0.2) is 30.3 Å². The quantitative estimate of drug-likeness (QED) is 0.891. The normalized spacial score (nSPS) is 10.1. The van der Waals surface area contributed by atoms with E-state index in [2.05, 4.69) is 9.97 Å². The third kappa shape index (κ3) is 3.10. The maximum absolute atomic E-state index is 5.65. The molecular weight excluding hydrogens is 230 g/mol. The summed E-state index contributed by atoms with van der Waals surface area (Å²) < 4.78 is 10.7. The molecular formula is C13H15N3O2. The highest BCUT2D eigenvalue weighted by Crippen LogP contribution is 2.19. The van der Waals surface area contributed by atoms with E-state index in [0.717, 1.165) is 11.4 Å². The predicted molar refractivity (Wildman–Crippen MR) is 68.5 cm³/mol. The highest BCUT2D eigenvalue weighted by Gasteiger charge is 2.02. The van der Waals surface area contributed by atoms with E-state index in [-0.39, 0.29) is 6.61 Å². The van der Waals surface area contributed by atoms with E-state index in [1.165, 1.54) is 0 Å². The van der Waals surface area contributed by atoms with Gasteiger partial charge in [-0.2, -0.15) is 0 Å². The number of nitrogens with zero attached hydrogens (tertiary/aromatic N) is 2. The van der Waals surface area contributed by atoms with Gasteiger partial charge in [-0.3, -0.25) is 0 Å². The number of ether oxygens (including phenoxy) is 2. The number of aryl methyl sites for hydroxylation is 1. The van der Waals surface area contributed by atoms with Gasteiger partial charge in [0.25, 0.3) is 0 Å². The number of nitrogen functional groups attached to an aromatic ring is 1. The zero-order valence-corrected chi connectivity index (χ0v) is 10.4. The van der Waals surface area contributed by atoms with Crippen molar-refractivity contribution in [3.8, 4) is 11.5 Å². The fourth-order valence-corrected chi connectivity index (χ4v) is 1.56. The Kier molecular flexibility index (Phi) is 3.62. The second-order valence-electron chi connectivity index (χ2n) is 3.82. The lowest BCUT2D eigenvalue weighted by Crippen LogP contribution is -2.05. The Labute approximate surface area is 106 Å². The van der Waals surface area contributed by atoms with Crippen LogP contribution < -0.4 is 15.2 Å². The molecule has 0 bridgehead atoms. The van der Waals surface area contributed by atoms with E-state index in [0.29, 0.717) is 17.4 Å².